The van der Waals surface area contributed by atoms with Crippen LogP contribution in [0, 0.1) is 5.92 Å². The first-order valence-electron chi connectivity index (χ1n) is 5.89. The van der Waals surface area contributed by atoms with Crippen LogP contribution in [0.5, 0.6) is 0 Å². The Morgan fingerprint density at radius 3 is 2.87 bits per heavy atom. The van der Waals surface area contributed by atoms with Crippen molar-refractivity contribution in [2.24, 2.45) is 11.7 Å². The van der Waals surface area contributed by atoms with E-state index in [0.29, 0.717) is 5.91 Å². The van der Waals surface area contributed by atoms with E-state index in [1.165, 1.54) is 5.75 Å². The molecule has 2 fully saturated rings. The average Bonchev–Trinajstić information content (AvgIpc) is 2.53. The van der Waals surface area contributed by atoms with Crippen molar-refractivity contribution in [3.63, 3.8) is 0 Å². The van der Waals surface area contributed by atoms with Crippen LogP contribution in [-0.2, 0) is 4.79 Å². The number of amides is 1. The number of thioether (sulfide) groups is 1. The summed E-state index contributed by atoms with van der Waals surface area (Å²) in [5, 5.41) is 0. The summed E-state index contributed by atoms with van der Waals surface area (Å²) in [4.78, 5) is 14.2. The van der Waals surface area contributed by atoms with Gasteiger partial charge in [0.25, 0.3) is 0 Å². The molecule has 2 rings (SSSR count). The van der Waals surface area contributed by atoms with Crippen LogP contribution in [0.1, 0.15) is 25.7 Å². The van der Waals surface area contributed by atoms with Gasteiger partial charge in [-0.3, -0.25) is 4.79 Å². The van der Waals surface area contributed by atoms with Gasteiger partial charge in [-0.1, -0.05) is 0 Å². The molecule has 2 unspecified atom stereocenters. The van der Waals surface area contributed by atoms with Crippen molar-refractivity contribution in [1.82, 2.24) is 4.90 Å². The van der Waals surface area contributed by atoms with Crippen molar-refractivity contribution in [1.29, 1.82) is 0 Å². The van der Waals surface area contributed by atoms with E-state index in [1.54, 1.807) is 0 Å². The van der Waals surface area contributed by atoms with Crippen LogP contribution in [0.4, 0.5) is 0 Å². The molecule has 1 aliphatic heterocycles. The number of nitrogens with zero attached hydrogens (tertiary/aromatic N) is 1. The number of carbonyl (C=O) groups is 1. The minimum Gasteiger partial charge on any atom is -0.342 e. The fourth-order valence-electron chi connectivity index (χ4n) is 2.47. The Bertz CT molecular complexity index is 227. The highest BCUT2D eigenvalue weighted by Gasteiger charge is 2.30. The highest BCUT2D eigenvalue weighted by Crippen LogP contribution is 2.26. The van der Waals surface area contributed by atoms with Gasteiger partial charge in [-0.05, 0) is 31.4 Å². The van der Waals surface area contributed by atoms with Gasteiger partial charge in [-0.15, -0.1) is 0 Å². The average molecular weight is 228 g/mol. The van der Waals surface area contributed by atoms with Crippen molar-refractivity contribution in [2.75, 3.05) is 24.6 Å². The molecule has 2 atom stereocenters. The van der Waals surface area contributed by atoms with Gasteiger partial charge in [0.15, 0.2) is 0 Å². The van der Waals surface area contributed by atoms with E-state index in [2.05, 4.69) is 4.90 Å². The Labute approximate surface area is 95.8 Å². The van der Waals surface area contributed by atoms with Crippen LogP contribution in [-0.4, -0.2) is 41.4 Å². The van der Waals surface area contributed by atoms with Gasteiger partial charge >= 0.3 is 0 Å². The molecule has 1 saturated carbocycles. The third kappa shape index (κ3) is 2.88. The quantitative estimate of drug-likeness (QED) is 0.730. The normalized spacial score (nSPS) is 32.7. The summed E-state index contributed by atoms with van der Waals surface area (Å²) in [6, 6.07) is 0.264. The molecule has 0 aromatic heterocycles. The first kappa shape index (κ1) is 11.3. The van der Waals surface area contributed by atoms with Crippen molar-refractivity contribution >= 4 is 17.7 Å². The number of nitrogens with two attached hydrogens (primary N) is 1. The third-order valence-corrected chi connectivity index (χ3v) is 4.40. The van der Waals surface area contributed by atoms with Crippen LogP contribution in [0.25, 0.3) is 0 Å². The first-order chi connectivity index (χ1) is 7.27. The monoisotopic (exact) mass is 228 g/mol. The lowest BCUT2D eigenvalue weighted by molar-refractivity contribution is -0.135. The molecule has 0 aromatic rings. The maximum Gasteiger partial charge on any atom is 0.225 e. The van der Waals surface area contributed by atoms with Crippen LogP contribution >= 0.6 is 11.8 Å². The van der Waals surface area contributed by atoms with Crippen molar-refractivity contribution < 1.29 is 4.79 Å². The smallest absolute Gasteiger partial charge is 0.225 e. The number of carbonyl (C=O) groups excluding carboxylic acids is 1. The number of hydrogen-bond acceptors (Lipinski definition) is 3. The molecular formula is C11H20N2OS. The SMILES string of the molecule is NC1CCC(C(=O)N2CCCSCC2)C1. The predicted molar refractivity (Wildman–Crippen MR) is 63.8 cm³/mol. The summed E-state index contributed by atoms with van der Waals surface area (Å²) in [6.45, 7) is 1.90. The maximum absolute atomic E-state index is 12.2. The van der Waals surface area contributed by atoms with Gasteiger partial charge < -0.3 is 10.6 Å². The molecule has 2 N–H and O–H groups in total. The lowest BCUT2D eigenvalue weighted by Crippen LogP contribution is -2.37. The molecule has 3 nitrogen and oxygen atoms in total. The Balaban J connectivity index is 1.88. The molecule has 1 amide bonds. The minimum atomic E-state index is 0.225. The summed E-state index contributed by atoms with van der Waals surface area (Å²) in [5.74, 6) is 2.90. The Morgan fingerprint density at radius 1 is 1.27 bits per heavy atom. The van der Waals surface area contributed by atoms with Gasteiger partial charge in [0, 0.05) is 30.8 Å². The van der Waals surface area contributed by atoms with E-state index in [1.807, 2.05) is 11.8 Å². The highest BCUT2D eigenvalue weighted by molar-refractivity contribution is 7.99. The van der Waals surface area contributed by atoms with E-state index in [-0.39, 0.29) is 12.0 Å². The number of rotatable bonds is 1. The lowest BCUT2D eigenvalue weighted by atomic mass is 10.1. The molecule has 0 bridgehead atoms. The number of hydrogen-bond donors (Lipinski definition) is 1. The second-order valence-electron chi connectivity index (χ2n) is 4.56. The summed E-state index contributed by atoms with van der Waals surface area (Å²) in [7, 11) is 0. The fourth-order valence-corrected chi connectivity index (χ4v) is 3.35. The minimum absolute atomic E-state index is 0.225. The zero-order valence-corrected chi connectivity index (χ0v) is 9.97. The van der Waals surface area contributed by atoms with Crippen molar-refractivity contribution in [3.05, 3.63) is 0 Å². The zero-order chi connectivity index (χ0) is 10.7. The van der Waals surface area contributed by atoms with Gasteiger partial charge in [-0.25, -0.2) is 0 Å². The van der Waals surface area contributed by atoms with Gasteiger partial charge in [-0.2, -0.15) is 11.8 Å². The Morgan fingerprint density at radius 2 is 2.13 bits per heavy atom. The first-order valence-corrected chi connectivity index (χ1v) is 7.05. The molecule has 4 heteroatoms. The Hall–Kier alpha value is -0.220. The highest BCUT2D eigenvalue weighted by atomic mass is 32.2. The summed E-state index contributed by atoms with van der Waals surface area (Å²) >= 11 is 1.96. The van der Waals surface area contributed by atoms with Gasteiger partial charge in [0.1, 0.15) is 0 Å². The summed E-state index contributed by atoms with van der Waals surface area (Å²) in [5.41, 5.74) is 5.85. The largest absolute Gasteiger partial charge is 0.342 e. The van der Waals surface area contributed by atoms with Crippen molar-refractivity contribution in [2.45, 2.75) is 31.7 Å². The molecular weight excluding hydrogens is 208 g/mol. The predicted octanol–water partition coefficient (Wildman–Crippen LogP) is 1.08. The van der Waals surface area contributed by atoms with Crippen LogP contribution < -0.4 is 5.73 Å². The summed E-state index contributed by atoms with van der Waals surface area (Å²) < 4.78 is 0. The molecule has 15 heavy (non-hydrogen) atoms. The fraction of sp³-hybridized carbons (Fsp3) is 0.909. The van der Waals surface area contributed by atoms with Crippen molar-refractivity contribution in [3.8, 4) is 0 Å². The standard InChI is InChI=1S/C11H20N2OS/c12-10-3-2-9(8-10)11(14)13-4-1-6-15-7-5-13/h9-10H,1-8,12H2. The van der Waals surface area contributed by atoms with E-state index in [4.69, 9.17) is 5.73 Å². The van der Waals surface area contributed by atoms with E-state index < -0.39 is 0 Å². The lowest BCUT2D eigenvalue weighted by Gasteiger charge is -2.23. The van der Waals surface area contributed by atoms with Crippen LogP contribution in [0.2, 0.25) is 0 Å². The van der Waals surface area contributed by atoms with E-state index in [0.717, 1.165) is 44.5 Å². The molecule has 0 radical (unpaired) electrons. The topological polar surface area (TPSA) is 46.3 Å². The van der Waals surface area contributed by atoms with Crippen LogP contribution in [0.3, 0.4) is 0 Å². The third-order valence-electron chi connectivity index (χ3n) is 3.36. The summed E-state index contributed by atoms with van der Waals surface area (Å²) in [6.07, 6.45) is 4.08. The second-order valence-corrected chi connectivity index (χ2v) is 5.79. The molecule has 1 saturated heterocycles. The molecule has 1 heterocycles. The van der Waals surface area contributed by atoms with Gasteiger partial charge in [0.2, 0.25) is 5.91 Å². The Kier molecular flexibility index (Phi) is 3.92. The zero-order valence-electron chi connectivity index (χ0n) is 9.15. The van der Waals surface area contributed by atoms with E-state index >= 15 is 0 Å². The molecule has 1 aliphatic carbocycles. The van der Waals surface area contributed by atoms with E-state index in [9.17, 15) is 4.79 Å². The molecule has 86 valence electrons. The maximum atomic E-state index is 12.2. The molecule has 0 aromatic carbocycles. The van der Waals surface area contributed by atoms with Crippen LogP contribution in [0.15, 0.2) is 0 Å². The molecule has 2 aliphatic rings. The second kappa shape index (κ2) is 5.21. The van der Waals surface area contributed by atoms with Gasteiger partial charge in [0.05, 0.1) is 0 Å². The molecule has 0 spiro atoms.